The van der Waals surface area contributed by atoms with E-state index in [-0.39, 0.29) is 44.3 Å². The molecule has 2 aromatic rings. The summed E-state index contributed by atoms with van der Waals surface area (Å²) in [5.74, 6) is 0.124. The van der Waals surface area contributed by atoms with E-state index in [0.29, 0.717) is 34.1 Å². The molecule has 0 spiro atoms. The molecule has 0 atom stereocenters. The first-order valence-corrected chi connectivity index (χ1v) is 10.1. The van der Waals surface area contributed by atoms with Crippen LogP contribution in [0, 0.1) is 0 Å². The number of hydrogen-bond acceptors (Lipinski definition) is 10. The summed E-state index contributed by atoms with van der Waals surface area (Å²) in [7, 11) is 5.92. The molecule has 1 heterocycles. The van der Waals surface area contributed by atoms with Crippen LogP contribution < -0.4 is 18.9 Å². The summed E-state index contributed by atoms with van der Waals surface area (Å²) in [6, 6.07) is 6.22. The minimum absolute atomic E-state index is 0.0363. The lowest BCUT2D eigenvalue weighted by Gasteiger charge is -2.18. The molecule has 0 aliphatic carbocycles. The first-order valence-electron chi connectivity index (χ1n) is 10.1. The van der Waals surface area contributed by atoms with Crippen LogP contribution in [-0.4, -0.2) is 73.6 Å². The van der Waals surface area contributed by atoms with Gasteiger partial charge in [-0.05, 0) is 24.3 Å². The fourth-order valence-electron chi connectivity index (χ4n) is 3.26. The highest BCUT2D eigenvalue weighted by molar-refractivity contribution is 6.06. The molecule has 1 aliphatic rings. The van der Waals surface area contributed by atoms with E-state index in [1.807, 2.05) is 0 Å². The molecule has 3 rings (SSSR count). The van der Waals surface area contributed by atoms with Crippen LogP contribution >= 0.6 is 0 Å². The maximum atomic E-state index is 13.0. The predicted molar refractivity (Wildman–Crippen MR) is 115 cm³/mol. The average Bonchev–Trinajstić information content (AvgIpc) is 3.31. The number of methoxy groups -OCH3 is 4. The molecule has 10 heteroatoms. The van der Waals surface area contributed by atoms with Gasteiger partial charge in [0.15, 0.2) is 23.0 Å². The van der Waals surface area contributed by atoms with Crippen molar-refractivity contribution < 1.29 is 47.5 Å². The highest BCUT2D eigenvalue weighted by Crippen LogP contribution is 2.47. The lowest BCUT2D eigenvalue weighted by molar-refractivity contribution is 0.0379. The molecule has 0 N–H and O–H groups in total. The van der Waals surface area contributed by atoms with Gasteiger partial charge in [0.05, 0.1) is 38.6 Å². The largest absolute Gasteiger partial charge is 0.493 e. The van der Waals surface area contributed by atoms with Crippen LogP contribution in [0.2, 0.25) is 0 Å². The van der Waals surface area contributed by atoms with E-state index in [2.05, 4.69) is 0 Å². The van der Waals surface area contributed by atoms with E-state index < -0.39 is 11.9 Å². The van der Waals surface area contributed by atoms with Gasteiger partial charge < -0.3 is 37.9 Å². The lowest BCUT2D eigenvalue weighted by atomic mass is 9.93. The van der Waals surface area contributed by atoms with Crippen molar-refractivity contribution in [1.29, 1.82) is 0 Å². The van der Waals surface area contributed by atoms with Crippen molar-refractivity contribution in [2.45, 2.75) is 0 Å². The molecular weight excluding hydrogens is 436 g/mol. The molecule has 0 saturated heterocycles. The van der Waals surface area contributed by atoms with Gasteiger partial charge >= 0.3 is 11.9 Å². The molecule has 0 bridgehead atoms. The maximum Gasteiger partial charge on any atom is 0.338 e. The maximum absolute atomic E-state index is 13.0. The Kier molecular flexibility index (Phi) is 8.34. The standard InChI is InChI=1S/C23H26O10/c1-26-7-9-30-22(24)14-5-6-17-21(33-13-32-17)20(14)15-11-18(28-3)19(29-4)12-16(15)23(25)31-10-8-27-2/h5-6,11-12H,7-10,13H2,1-4H3. The van der Waals surface area contributed by atoms with Crippen LogP contribution in [-0.2, 0) is 18.9 Å². The van der Waals surface area contributed by atoms with Crippen LogP contribution in [0.1, 0.15) is 20.7 Å². The summed E-state index contributed by atoms with van der Waals surface area (Å²) in [6.07, 6.45) is 0. The number of fused-ring (bicyclic) bond motifs is 1. The van der Waals surface area contributed by atoms with Crippen LogP contribution in [0.4, 0.5) is 0 Å². The number of carbonyl (C=O) groups is 2. The van der Waals surface area contributed by atoms with Crippen molar-refractivity contribution in [1.82, 2.24) is 0 Å². The van der Waals surface area contributed by atoms with E-state index in [1.54, 1.807) is 18.2 Å². The van der Waals surface area contributed by atoms with Crippen molar-refractivity contribution in [3.8, 4) is 34.1 Å². The molecule has 0 unspecified atom stereocenters. The van der Waals surface area contributed by atoms with Crippen molar-refractivity contribution in [3.63, 3.8) is 0 Å². The highest BCUT2D eigenvalue weighted by Gasteiger charge is 2.30. The Bertz CT molecular complexity index is 1000. The van der Waals surface area contributed by atoms with Crippen molar-refractivity contribution >= 4 is 11.9 Å². The minimum Gasteiger partial charge on any atom is -0.493 e. The third-order valence-corrected chi connectivity index (χ3v) is 4.81. The summed E-state index contributed by atoms with van der Waals surface area (Å²) >= 11 is 0. The lowest BCUT2D eigenvalue weighted by Crippen LogP contribution is -2.14. The Balaban J connectivity index is 2.18. The summed E-state index contributed by atoms with van der Waals surface area (Å²) in [5, 5.41) is 0. The van der Waals surface area contributed by atoms with Gasteiger partial charge in [0.1, 0.15) is 13.2 Å². The Morgan fingerprint density at radius 1 is 0.788 bits per heavy atom. The van der Waals surface area contributed by atoms with Crippen molar-refractivity contribution in [3.05, 3.63) is 35.4 Å². The molecule has 10 nitrogen and oxygen atoms in total. The van der Waals surface area contributed by atoms with E-state index in [0.717, 1.165) is 0 Å². The zero-order chi connectivity index (χ0) is 23.8. The fraction of sp³-hybridized carbons (Fsp3) is 0.391. The van der Waals surface area contributed by atoms with Gasteiger partial charge in [-0.15, -0.1) is 0 Å². The third-order valence-electron chi connectivity index (χ3n) is 4.81. The fourth-order valence-corrected chi connectivity index (χ4v) is 3.26. The third kappa shape index (κ3) is 5.29. The van der Waals surface area contributed by atoms with Crippen LogP contribution in [0.3, 0.4) is 0 Å². The van der Waals surface area contributed by atoms with Gasteiger partial charge in [-0.1, -0.05) is 0 Å². The number of hydrogen-bond donors (Lipinski definition) is 0. The Labute approximate surface area is 191 Å². The molecule has 0 amide bonds. The normalized spacial score (nSPS) is 11.8. The molecule has 0 fully saturated rings. The Morgan fingerprint density at radius 2 is 1.39 bits per heavy atom. The first kappa shape index (κ1) is 24.1. The van der Waals surface area contributed by atoms with Gasteiger partial charge in [-0.3, -0.25) is 0 Å². The van der Waals surface area contributed by atoms with Crippen molar-refractivity contribution in [2.75, 3.05) is 61.7 Å². The predicted octanol–water partition coefficient (Wildman–Crippen LogP) is 2.71. The molecule has 1 aliphatic heterocycles. The molecule has 178 valence electrons. The molecule has 0 radical (unpaired) electrons. The quantitative estimate of drug-likeness (QED) is 0.365. The summed E-state index contributed by atoms with van der Waals surface area (Å²) in [4.78, 5) is 25.9. The summed E-state index contributed by atoms with van der Waals surface area (Å²) < 4.78 is 42.5. The zero-order valence-electron chi connectivity index (χ0n) is 18.9. The average molecular weight is 462 g/mol. The second kappa shape index (κ2) is 11.4. The van der Waals surface area contributed by atoms with E-state index >= 15 is 0 Å². The second-order valence-corrected chi connectivity index (χ2v) is 6.73. The van der Waals surface area contributed by atoms with Crippen LogP contribution in [0.15, 0.2) is 24.3 Å². The van der Waals surface area contributed by atoms with Crippen molar-refractivity contribution in [2.24, 2.45) is 0 Å². The van der Waals surface area contributed by atoms with Gasteiger partial charge in [0.2, 0.25) is 6.79 Å². The number of esters is 2. The van der Waals surface area contributed by atoms with Gasteiger partial charge in [0.25, 0.3) is 0 Å². The Morgan fingerprint density at radius 3 is 2.00 bits per heavy atom. The highest BCUT2D eigenvalue weighted by atomic mass is 16.7. The number of ether oxygens (including phenoxy) is 8. The van der Waals surface area contributed by atoms with E-state index in [4.69, 9.17) is 37.9 Å². The number of carbonyl (C=O) groups excluding carboxylic acids is 2. The van der Waals surface area contributed by atoms with Crippen LogP contribution in [0.25, 0.3) is 11.1 Å². The SMILES string of the molecule is COCCOC(=O)c1cc(OC)c(OC)cc1-c1c(C(=O)OCCOC)ccc2c1OCO2. The molecule has 0 saturated carbocycles. The minimum atomic E-state index is -0.641. The monoisotopic (exact) mass is 462 g/mol. The summed E-state index contributed by atoms with van der Waals surface area (Å²) in [5.41, 5.74) is 0.954. The number of rotatable bonds is 11. The molecular formula is C23H26O10. The zero-order valence-corrected chi connectivity index (χ0v) is 18.9. The summed E-state index contributed by atoms with van der Waals surface area (Å²) in [6.45, 7) is 0.524. The van der Waals surface area contributed by atoms with E-state index in [1.165, 1.54) is 34.5 Å². The van der Waals surface area contributed by atoms with Gasteiger partial charge in [-0.2, -0.15) is 0 Å². The van der Waals surface area contributed by atoms with Gasteiger partial charge in [0, 0.05) is 25.3 Å². The first-order chi connectivity index (χ1) is 16.0. The number of benzene rings is 2. The molecule has 33 heavy (non-hydrogen) atoms. The molecule has 2 aromatic carbocycles. The van der Waals surface area contributed by atoms with Gasteiger partial charge in [-0.25, -0.2) is 9.59 Å². The molecule has 0 aromatic heterocycles. The second-order valence-electron chi connectivity index (χ2n) is 6.73. The van der Waals surface area contributed by atoms with Crippen LogP contribution in [0.5, 0.6) is 23.0 Å². The van der Waals surface area contributed by atoms with E-state index in [9.17, 15) is 9.59 Å². The topological polar surface area (TPSA) is 108 Å². The smallest absolute Gasteiger partial charge is 0.338 e. The Hall–Kier alpha value is -3.50.